The van der Waals surface area contributed by atoms with Gasteiger partial charge in [0.25, 0.3) is 0 Å². The molecule has 0 amide bonds. The Morgan fingerprint density at radius 1 is 1.10 bits per heavy atom. The van der Waals surface area contributed by atoms with Crippen molar-refractivity contribution in [3.63, 3.8) is 0 Å². The highest BCUT2D eigenvalue weighted by atomic mass is 35.5. The zero-order valence-electron chi connectivity index (χ0n) is 15.9. The molecular weight excluding hydrogens is 449 g/mol. The van der Waals surface area contributed by atoms with E-state index in [1.54, 1.807) is 18.4 Å². The fourth-order valence-corrected chi connectivity index (χ4v) is 5.23. The second-order valence-electron chi connectivity index (χ2n) is 7.12. The van der Waals surface area contributed by atoms with Crippen LogP contribution in [0, 0.1) is 11.8 Å². The van der Waals surface area contributed by atoms with Gasteiger partial charge in [0.1, 0.15) is 0 Å². The first kappa shape index (κ1) is 20.7. The van der Waals surface area contributed by atoms with Gasteiger partial charge >= 0.3 is 6.15 Å². The Bertz CT molecular complexity index is 1070. The van der Waals surface area contributed by atoms with Crippen LogP contribution in [0.25, 0.3) is 10.7 Å². The quantitative estimate of drug-likeness (QED) is 0.581. The summed E-state index contributed by atoms with van der Waals surface area (Å²) in [5.74, 6) is 1.83. The fraction of sp³-hybridized carbons (Fsp3) is 0.389. The van der Waals surface area contributed by atoms with Crippen LogP contribution in [-0.2, 0) is 16.6 Å². The van der Waals surface area contributed by atoms with Crippen LogP contribution < -0.4 is 9.80 Å². The molecule has 2 aliphatic rings. The van der Waals surface area contributed by atoms with E-state index in [0.717, 1.165) is 51.9 Å². The Morgan fingerprint density at radius 2 is 1.77 bits per heavy atom. The predicted molar refractivity (Wildman–Crippen MR) is 113 cm³/mol. The summed E-state index contributed by atoms with van der Waals surface area (Å²) in [7, 11) is 1.76. The number of fused-ring (bicyclic) bond motifs is 1. The van der Waals surface area contributed by atoms with Crippen molar-refractivity contribution in [3.8, 4) is 10.7 Å². The van der Waals surface area contributed by atoms with Crippen LogP contribution in [0.2, 0.25) is 10.0 Å². The van der Waals surface area contributed by atoms with Crippen molar-refractivity contribution >= 4 is 51.5 Å². The number of rotatable bonds is 3. The normalized spacial score (nSPS) is 20.0. The number of nitrogens with zero attached hydrogens (tertiary/aromatic N) is 7. The van der Waals surface area contributed by atoms with Gasteiger partial charge in [-0.05, 0) is 23.4 Å². The number of anilines is 2. The Morgan fingerprint density at radius 3 is 2.40 bits per heavy atom. The molecule has 2 atom stereocenters. The van der Waals surface area contributed by atoms with Crippen LogP contribution in [0.15, 0.2) is 24.4 Å². The largest absolute Gasteiger partial charge is 0.373 e. The maximum atomic E-state index is 8.12. The molecule has 3 aromatic rings. The lowest BCUT2D eigenvalue weighted by molar-refractivity contribution is -0.191. The van der Waals surface area contributed by atoms with Gasteiger partial charge in [-0.15, -0.1) is 10.2 Å². The molecule has 0 bridgehead atoms. The highest BCUT2D eigenvalue weighted by Gasteiger charge is 2.41. The fourth-order valence-electron chi connectivity index (χ4n) is 3.97. The molecule has 156 valence electrons. The molecule has 0 radical (unpaired) electrons. The molecule has 2 saturated heterocycles. The number of aryl methyl sites for hydroxylation is 1. The zero-order valence-corrected chi connectivity index (χ0v) is 18.2. The first-order valence-electron chi connectivity index (χ1n) is 9.13. The molecule has 12 heteroatoms. The number of aromatic nitrogens is 5. The van der Waals surface area contributed by atoms with Gasteiger partial charge in [-0.1, -0.05) is 34.5 Å². The molecule has 2 aromatic heterocycles. The summed E-state index contributed by atoms with van der Waals surface area (Å²) in [5, 5.41) is 14.7. The van der Waals surface area contributed by atoms with E-state index in [4.69, 9.17) is 32.8 Å². The maximum absolute atomic E-state index is 8.12. The van der Waals surface area contributed by atoms with Crippen molar-refractivity contribution in [2.75, 3.05) is 36.0 Å². The van der Waals surface area contributed by atoms with Crippen LogP contribution >= 0.6 is 34.5 Å². The highest BCUT2D eigenvalue weighted by molar-refractivity contribution is 7.18. The summed E-state index contributed by atoms with van der Waals surface area (Å²) >= 11 is 14.2. The van der Waals surface area contributed by atoms with Crippen molar-refractivity contribution in [1.29, 1.82) is 0 Å². The smallest absolute Gasteiger partial charge is 0.370 e. The minimum absolute atomic E-state index is 0.250. The van der Waals surface area contributed by atoms with Crippen LogP contribution in [0.3, 0.4) is 0 Å². The number of hydrogen-bond acceptors (Lipinski definition) is 9. The third-order valence-electron chi connectivity index (χ3n) is 5.23. The Hall–Kier alpha value is -2.52. The van der Waals surface area contributed by atoms with E-state index < -0.39 is 0 Å². The molecule has 9 nitrogen and oxygen atoms in total. The lowest BCUT2D eigenvalue weighted by atomic mass is 10.0. The van der Waals surface area contributed by atoms with Crippen molar-refractivity contribution in [2.45, 2.75) is 0 Å². The Labute approximate surface area is 186 Å². The molecule has 2 fully saturated rings. The molecule has 30 heavy (non-hydrogen) atoms. The molecular formula is C18H17Cl2N7O2S. The first-order chi connectivity index (χ1) is 14.5. The number of tetrazole rings is 1. The number of carbonyl (C=O) groups excluding carboxylic acids is 2. The monoisotopic (exact) mass is 465 g/mol. The minimum atomic E-state index is 0.250. The summed E-state index contributed by atoms with van der Waals surface area (Å²) in [6.45, 7) is 3.98. The zero-order chi connectivity index (χ0) is 21.3. The van der Waals surface area contributed by atoms with Gasteiger partial charge < -0.3 is 9.80 Å². The van der Waals surface area contributed by atoms with Gasteiger partial charge in [0.05, 0.1) is 28.8 Å². The number of hydrogen-bond donors (Lipinski definition) is 0. The first-order valence-corrected chi connectivity index (χ1v) is 10.7. The maximum Gasteiger partial charge on any atom is 0.373 e. The third-order valence-corrected chi connectivity index (χ3v) is 6.84. The van der Waals surface area contributed by atoms with Crippen LogP contribution in [0.5, 0.6) is 0 Å². The second-order valence-corrected chi connectivity index (χ2v) is 8.97. The van der Waals surface area contributed by atoms with Gasteiger partial charge in [-0.25, -0.2) is 4.98 Å². The molecule has 4 heterocycles. The molecule has 0 aliphatic carbocycles. The number of benzene rings is 1. The van der Waals surface area contributed by atoms with Crippen molar-refractivity contribution in [2.24, 2.45) is 18.9 Å². The highest BCUT2D eigenvalue weighted by Crippen LogP contribution is 2.40. The van der Waals surface area contributed by atoms with Gasteiger partial charge in [-0.2, -0.15) is 14.4 Å². The van der Waals surface area contributed by atoms with Gasteiger partial charge in [0.15, 0.2) is 5.13 Å². The van der Waals surface area contributed by atoms with Crippen molar-refractivity contribution in [3.05, 3.63) is 34.4 Å². The van der Waals surface area contributed by atoms with Crippen molar-refractivity contribution < 1.29 is 9.59 Å². The average molecular weight is 466 g/mol. The molecule has 0 saturated carbocycles. The SMILES string of the molecule is Cn1nnc(-c2cnc(N3CC4CN(c5cc(Cl)ccc5Cl)CC4C3)s2)n1.O=C=O. The van der Waals surface area contributed by atoms with E-state index in [9.17, 15) is 0 Å². The van der Waals surface area contributed by atoms with Crippen LogP contribution in [0.4, 0.5) is 10.8 Å². The summed E-state index contributed by atoms with van der Waals surface area (Å²) in [6, 6.07) is 5.67. The molecule has 2 aliphatic heterocycles. The Balaban J connectivity index is 0.000000687. The number of thiazole rings is 1. The van der Waals surface area contributed by atoms with E-state index >= 15 is 0 Å². The van der Waals surface area contributed by atoms with Crippen molar-refractivity contribution in [1.82, 2.24) is 25.2 Å². The van der Waals surface area contributed by atoms with Gasteiger partial charge in [0, 0.05) is 43.0 Å². The van der Waals surface area contributed by atoms with Crippen LogP contribution in [-0.4, -0.2) is 57.5 Å². The molecule has 5 rings (SSSR count). The van der Waals surface area contributed by atoms with E-state index in [-0.39, 0.29) is 6.15 Å². The van der Waals surface area contributed by atoms with E-state index in [2.05, 4.69) is 30.2 Å². The van der Waals surface area contributed by atoms with Crippen LogP contribution in [0.1, 0.15) is 0 Å². The van der Waals surface area contributed by atoms with Gasteiger partial charge in [0.2, 0.25) is 5.82 Å². The summed E-state index contributed by atoms with van der Waals surface area (Å²) in [5.41, 5.74) is 1.04. The average Bonchev–Trinajstić information content (AvgIpc) is 3.46. The minimum Gasteiger partial charge on any atom is -0.370 e. The molecule has 0 spiro atoms. The predicted octanol–water partition coefficient (Wildman–Crippen LogP) is 2.63. The van der Waals surface area contributed by atoms with Gasteiger partial charge in [-0.3, -0.25) is 0 Å². The summed E-state index contributed by atoms with van der Waals surface area (Å²) < 4.78 is 0. The standard InChI is InChI=1S/C17H17Cl2N7S.CO2/c1-24-22-16(21-23-24)15-5-20-17(27-15)26-8-10-6-25(7-11(10)9-26)14-4-12(18)2-3-13(14)19;2-1-3/h2-5,10-11H,6-9H2,1H3;. The Kier molecular flexibility index (Phi) is 6.01. The van der Waals surface area contributed by atoms with E-state index in [0.29, 0.717) is 17.7 Å². The topological polar surface area (TPSA) is 97.1 Å². The molecule has 1 aromatic carbocycles. The second kappa shape index (κ2) is 8.69. The lowest BCUT2D eigenvalue weighted by Crippen LogP contribution is -2.28. The molecule has 2 unspecified atom stereocenters. The third kappa shape index (κ3) is 4.17. The summed E-state index contributed by atoms with van der Waals surface area (Å²) in [4.78, 5) is 28.0. The lowest BCUT2D eigenvalue weighted by Gasteiger charge is -2.24. The number of halogens is 2. The summed E-state index contributed by atoms with van der Waals surface area (Å²) in [6.07, 6.45) is 2.09. The van der Waals surface area contributed by atoms with E-state index in [1.807, 2.05) is 24.4 Å². The molecule has 0 N–H and O–H groups in total. The van der Waals surface area contributed by atoms with E-state index in [1.165, 1.54) is 4.80 Å².